The van der Waals surface area contributed by atoms with Crippen molar-refractivity contribution in [1.29, 1.82) is 0 Å². The number of benzene rings is 2. The first-order chi connectivity index (χ1) is 15.7. The Morgan fingerprint density at radius 1 is 1.12 bits per heavy atom. The molecule has 0 saturated heterocycles. The number of unbranched alkanes of at least 4 members (excludes halogenated alkanes) is 1. The van der Waals surface area contributed by atoms with Crippen molar-refractivity contribution in [3.63, 3.8) is 0 Å². The fourth-order valence-corrected chi connectivity index (χ4v) is 4.73. The largest absolute Gasteiger partial charge is 0.497 e. The highest BCUT2D eigenvalue weighted by atomic mass is 32.2. The number of thioether (sulfide) groups is 1. The lowest BCUT2D eigenvalue weighted by atomic mass is 10.1. The van der Waals surface area contributed by atoms with E-state index in [1.807, 2.05) is 31.2 Å². The number of methoxy groups -OCH3 is 1. The van der Waals surface area contributed by atoms with Crippen molar-refractivity contribution in [3.05, 3.63) is 54.1 Å². The van der Waals surface area contributed by atoms with Gasteiger partial charge in [-0.05, 0) is 61.9 Å². The molecule has 0 saturated carbocycles. The van der Waals surface area contributed by atoms with Crippen LogP contribution in [0.2, 0.25) is 0 Å². The third kappa shape index (κ3) is 6.58. The SMILES string of the molecule is CCCCn1c(SC(C)C(=O)c2ccc(NS(C)(=O)=O)cc2)nnc1-c1ccc(OC)cc1. The minimum Gasteiger partial charge on any atom is -0.497 e. The van der Waals surface area contributed by atoms with Gasteiger partial charge in [0.25, 0.3) is 0 Å². The Morgan fingerprint density at radius 2 is 1.79 bits per heavy atom. The van der Waals surface area contributed by atoms with Crippen LogP contribution in [0, 0.1) is 0 Å². The van der Waals surface area contributed by atoms with Crippen LogP contribution in [0.1, 0.15) is 37.0 Å². The second-order valence-corrected chi connectivity index (χ2v) is 10.7. The molecule has 0 aliphatic carbocycles. The van der Waals surface area contributed by atoms with Gasteiger partial charge in [0.1, 0.15) is 5.75 Å². The molecule has 0 aliphatic rings. The number of Topliss-reactive ketones (excluding diaryl/α,β-unsaturated/α-hetero) is 1. The lowest BCUT2D eigenvalue weighted by Gasteiger charge is -2.13. The van der Waals surface area contributed by atoms with E-state index in [1.54, 1.807) is 31.4 Å². The summed E-state index contributed by atoms with van der Waals surface area (Å²) in [5.41, 5.74) is 1.85. The van der Waals surface area contributed by atoms with Crippen LogP contribution in [-0.4, -0.2) is 47.6 Å². The Morgan fingerprint density at radius 3 is 2.36 bits per heavy atom. The molecule has 1 unspecified atom stereocenters. The van der Waals surface area contributed by atoms with Crippen molar-refractivity contribution in [1.82, 2.24) is 14.8 Å². The molecule has 33 heavy (non-hydrogen) atoms. The molecular weight excluding hydrogens is 460 g/mol. The van der Waals surface area contributed by atoms with Gasteiger partial charge in [-0.1, -0.05) is 25.1 Å². The van der Waals surface area contributed by atoms with E-state index in [0.717, 1.165) is 42.8 Å². The Kier molecular flexibility index (Phi) is 8.15. The molecule has 176 valence electrons. The normalized spacial score (nSPS) is 12.4. The van der Waals surface area contributed by atoms with Crippen LogP contribution in [0.5, 0.6) is 5.75 Å². The third-order valence-electron chi connectivity index (χ3n) is 4.92. The summed E-state index contributed by atoms with van der Waals surface area (Å²) in [6.45, 7) is 4.71. The maximum atomic E-state index is 13.0. The van der Waals surface area contributed by atoms with Crippen LogP contribution in [-0.2, 0) is 16.6 Å². The van der Waals surface area contributed by atoms with Crippen LogP contribution >= 0.6 is 11.8 Å². The Labute approximate surface area is 198 Å². The second kappa shape index (κ2) is 10.8. The van der Waals surface area contributed by atoms with Gasteiger partial charge in [0.15, 0.2) is 16.8 Å². The Hall–Kier alpha value is -2.85. The van der Waals surface area contributed by atoms with E-state index < -0.39 is 15.3 Å². The number of nitrogens with zero attached hydrogens (tertiary/aromatic N) is 3. The first-order valence-corrected chi connectivity index (χ1v) is 13.3. The van der Waals surface area contributed by atoms with Crippen molar-refractivity contribution in [2.24, 2.45) is 0 Å². The van der Waals surface area contributed by atoms with Crippen molar-refractivity contribution in [3.8, 4) is 17.1 Å². The molecule has 1 aromatic heterocycles. The molecule has 1 N–H and O–H groups in total. The van der Waals surface area contributed by atoms with Gasteiger partial charge in [0, 0.05) is 23.4 Å². The van der Waals surface area contributed by atoms with Crippen LogP contribution in [0.4, 0.5) is 5.69 Å². The molecule has 0 amide bonds. The number of hydrogen-bond acceptors (Lipinski definition) is 7. The molecule has 0 bridgehead atoms. The Balaban J connectivity index is 1.79. The first-order valence-electron chi connectivity index (χ1n) is 10.6. The van der Waals surface area contributed by atoms with E-state index in [9.17, 15) is 13.2 Å². The van der Waals surface area contributed by atoms with Gasteiger partial charge in [0.05, 0.1) is 18.6 Å². The van der Waals surface area contributed by atoms with E-state index in [-0.39, 0.29) is 5.78 Å². The van der Waals surface area contributed by atoms with E-state index in [1.165, 1.54) is 11.8 Å². The van der Waals surface area contributed by atoms with Crippen LogP contribution in [0.15, 0.2) is 53.7 Å². The summed E-state index contributed by atoms with van der Waals surface area (Å²) < 4.78 is 32.4. The van der Waals surface area contributed by atoms with Gasteiger partial charge < -0.3 is 9.30 Å². The third-order valence-corrected chi connectivity index (χ3v) is 6.61. The fraction of sp³-hybridized carbons (Fsp3) is 0.348. The number of aromatic nitrogens is 3. The zero-order valence-corrected chi connectivity index (χ0v) is 20.7. The minimum absolute atomic E-state index is 0.0676. The summed E-state index contributed by atoms with van der Waals surface area (Å²) in [5.74, 6) is 1.45. The lowest BCUT2D eigenvalue weighted by molar-refractivity contribution is 0.0994. The van der Waals surface area contributed by atoms with Gasteiger partial charge in [-0.3, -0.25) is 9.52 Å². The average Bonchev–Trinajstić information content (AvgIpc) is 3.18. The van der Waals surface area contributed by atoms with Gasteiger partial charge >= 0.3 is 0 Å². The van der Waals surface area contributed by atoms with E-state index >= 15 is 0 Å². The highest BCUT2D eigenvalue weighted by molar-refractivity contribution is 8.00. The highest BCUT2D eigenvalue weighted by Gasteiger charge is 2.22. The molecule has 1 atom stereocenters. The van der Waals surface area contributed by atoms with Crippen molar-refractivity contribution in [2.75, 3.05) is 18.1 Å². The van der Waals surface area contributed by atoms with Gasteiger partial charge in [-0.25, -0.2) is 8.42 Å². The molecular formula is C23H28N4O4S2. The molecule has 10 heteroatoms. The quantitative estimate of drug-likeness (QED) is 0.313. The van der Waals surface area contributed by atoms with E-state index in [4.69, 9.17) is 4.74 Å². The second-order valence-electron chi connectivity index (χ2n) is 7.62. The summed E-state index contributed by atoms with van der Waals surface area (Å²) in [4.78, 5) is 13.0. The number of hydrogen-bond donors (Lipinski definition) is 1. The van der Waals surface area contributed by atoms with Gasteiger partial charge in [-0.15, -0.1) is 10.2 Å². The number of rotatable bonds is 11. The Bertz CT molecular complexity index is 1190. The highest BCUT2D eigenvalue weighted by Crippen LogP contribution is 2.30. The summed E-state index contributed by atoms with van der Waals surface area (Å²) >= 11 is 1.36. The monoisotopic (exact) mass is 488 g/mol. The number of nitrogens with one attached hydrogen (secondary N) is 1. The van der Waals surface area contributed by atoms with E-state index in [2.05, 4.69) is 26.4 Å². The predicted molar refractivity (Wildman–Crippen MR) is 131 cm³/mol. The summed E-state index contributed by atoms with van der Waals surface area (Å²) in [5, 5.41) is 9.06. The van der Waals surface area contributed by atoms with Gasteiger partial charge in [-0.2, -0.15) is 0 Å². The summed E-state index contributed by atoms with van der Waals surface area (Å²) in [7, 11) is -1.74. The molecule has 2 aromatic carbocycles. The van der Waals surface area contributed by atoms with E-state index in [0.29, 0.717) is 16.4 Å². The van der Waals surface area contributed by atoms with Crippen molar-refractivity contribution >= 4 is 33.3 Å². The molecule has 3 aromatic rings. The fourth-order valence-electron chi connectivity index (χ4n) is 3.21. The number of ether oxygens (including phenoxy) is 1. The van der Waals surface area contributed by atoms with Gasteiger partial charge in [0.2, 0.25) is 10.0 Å². The summed E-state index contributed by atoms with van der Waals surface area (Å²) in [6, 6.07) is 14.1. The lowest BCUT2D eigenvalue weighted by Crippen LogP contribution is -2.15. The molecule has 1 heterocycles. The van der Waals surface area contributed by atoms with Crippen LogP contribution < -0.4 is 9.46 Å². The maximum absolute atomic E-state index is 13.0. The molecule has 8 nitrogen and oxygen atoms in total. The van der Waals surface area contributed by atoms with Crippen molar-refractivity contribution in [2.45, 2.75) is 43.6 Å². The smallest absolute Gasteiger partial charge is 0.229 e. The average molecular weight is 489 g/mol. The molecule has 0 radical (unpaired) electrons. The number of carbonyl (C=O) groups excluding carboxylic acids is 1. The molecule has 0 fully saturated rings. The zero-order valence-electron chi connectivity index (χ0n) is 19.1. The molecule has 3 rings (SSSR count). The molecule has 0 aliphatic heterocycles. The topological polar surface area (TPSA) is 103 Å². The maximum Gasteiger partial charge on any atom is 0.229 e. The standard InChI is InChI=1S/C23H28N4O4S2/c1-5-6-15-27-22(18-9-13-20(31-3)14-10-18)24-25-23(27)32-16(2)21(28)17-7-11-19(12-8-17)26-33(4,29)30/h7-14,16,26H,5-6,15H2,1-4H3. The number of anilines is 1. The minimum atomic E-state index is -3.37. The van der Waals surface area contributed by atoms with Crippen LogP contribution in [0.25, 0.3) is 11.4 Å². The number of carbonyl (C=O) groups is 1. The number of sulfonamides is 1. The summed E-state index contributed by atoms with van der Waals surface area (Å²) in [6.07, 6.45) is 3.07. The van der Waals surface area contributed by atoms with Crippen molar-refractivity contribution < 1.29 is 17.9 Å². The predicted octanol–water partition coefficient (Wildman–Crippen LogP) is 4.49. The molecule has 0 spiro atoms. The zero-order chi connectivity index (χ0) is 24.0. The van der Waals surface area contributed by atoms with Crippen LogP contribution in [0.3, 0.4) is 0 Å². The first kappa shape index (κ1) is 24.8. The number of ketones is 1.